The number of hydrogen-bond acceptors (Lipinski definition) is 4. The third kappa shape index (κ3) is 3.49. The number of nitrogens with zero attached hydrogens (tertiary/aromatic N) is 1. The van der Waals surface area contributed by atoms with E-state index in [9.17, 15) is 9.59 Å². The second kappa shape index (κ2) is 7.47. The zero-order valence-electron chi connectivity index (χ0n) is 15.2. The summed E-state index contributed by atoms with van der Waals surface area (Å²) >= 11 is 0. The van der Waals surface area contributed by atoms with Crippen molar-refractivity contribution in [2.24, 2.45) is 0 Å². The SMILES string of the molecule is COc1ccc(C(=O)Nc2ccc(C)c(N3CCCC3=O)c2)c(OC)c1. The molecular formula is C20H22N2O4. The number of ether oxygens (including phenoxy) is 2. The first-order valence-electron chi connectivity index (χ1n) is 8.48. The van der Waals surface area contributed by atoms with Crippen LogP contribution in [0.1, 0.15) is 28.8 Å². The maximum Gasteiger partial charge on any atom is 0.259 e. The van der Waals surface area contributed by atoms with Gasteiger partial charge < -0.3 is 19.7 Å². The second-order valence-corrected chi connectivity index (χ2v) is 6.17. The average molecular weight is 354 g/mol. The molecule has 0 unspecified atom stereocenters. The van der Waals surface area contributed by atoms with Crippen molar-refractivity contribution in [3.63, 3.8) is 0 Å². The van der Waals surface area contributed by atoms with Crippen LogP contribution in [0.5, 0.6) is 11.5 Å². The van der Waals surface area contributed by atoms with Crippen molar-refractivity contribution in [1.29, 1.82) is 0 Å². The van der Waals surface area contributed by atoms with Gasteiger partial charge >= 0.3 is 0 Å². The van der Waals surface area contributed by atoms with E-state index in [-0.39, 0.29) is 11.8 Å². The largest absolute Gasteiger partial charge is 0.497 e. The number of methoxy groups -OCH3 is 2. The summed E-state index contributed by atoms with van der Waals surface area (Å²) in [5.41, 5.74) is 2.88. The number of rotatable bonds is 5. The number of amides is 2. The molecule has 1 fully saturated rings. The van der Waals surface area contributed by atoms with Crippen LogP contribution in [0.3, 0.4) is 0 Å². The highest BCUT2D eigenvalue weighted by Crippen LogP contribution is 2.29. The van der Waals surface area contributed by atoms with Crippen LogP contribution in [0.4, 0.5) is 11.4 Å². The molecule has 0 aromatic heterocycles. The van der Waals surface area contributed by atoms with Crippen LogP contribution in [-0.2, 0) is 4.79 Å². The lowest BCUT2D eigenvalue weighted by atomic mass is 10.1. The maximum atomic E-state index is 12.7. The highest BCUT2D eigenvalue weighted by molar-refractivity contribution is 6.07. The molecule has 2 aromatic rings. The smallest absolute Gasteiger partial charge is 0.259 e. The molecule has 26 heavy (non-hydrogen) atoms. The van der Waals surface area contributed by atoms with Gasteiger partial charge in [0.2, 0.25) is 5.91 Å². The molecule has 0 spiro atoms. The van der Waals surface area contributed by atoms with Gasteiger partial charge in [-0.05, 0) is 43.2 Å². The molecule has 0 atom stereocenters. The molecular weight excluding hydrogens is 332 g/mol. The van der Waals surface area contributed by atoms with E-state index in [0.717, 1.165) is 17.7 Å². The first kappa shape index (κ1) is 17.8. The number of aryl methyl sites for hydroxylation is 1. The summed E-state index contributed by atoms with van der Waals surface area (Å²) in [6.45, 7) is 2.67. The van der Waals surface area contributed by atoms with Crippen molar-refractivity contribution in [2.75, 3.05) is 31.0 Å². The van der Waals surface area contributed by atoms with E-state index in [0.29, 0.717) is 35.7 Å². The predicted octanol–water partition coefficient (Wildman–Crippen LogP) is 3.39. The molecule has 136 valence electrons. The van der Waals surface area contributed by atoms with Crippen molar-refractivity contribution in [1.82, 2.24) is 0 Å². The molecule has 6 nitrogen and oxygen atoms in total. The Morgan fingerprint density at radius 1 is 1.12 bits per heavy atom. The molecule has 1 N–H and O–H groups in total. The van der Waals surface area contributed by atoms with Crippen molar-refractivity contribution < 1.29 is 19.1 Å². The van der Waals surface area contributed by atoms with Gasteiger partial charge in [0.05, 0.1) is 19.8 Å². The second-order valence-electron chi connectivity index (χ2n) is 6.17. The number of nitrogens with one attached hydrogen (secondary N) is 1. The van der Waals surface area contributed by atoms with Gasteiger partial charge in [-0.1, -0.05) is 6.07 Å². The lowest BCUT2D eigenvalue weighted by Crippen LogP contribution is -2.24. The van der Waals surface area contributed by atoms with E-state index in [2.05, 4.69) is 5.32 Å². The van der Waals surface area contributed by atoms with Gasteiger partial charge in [0, 0.05) is 30.4 Å². The van der Waals surface area contributed by atoms with E-state index in [1.807, 2.05) is 25.1 Å². The lowest BCUT2D eigenvalue weighted by molar-refractivity contribution is -0.117. The van der Waals surface area contributed by atoms with Crippen LogP contribution in [0, 0.1) is 6.92 Å². The Balaban J connectivity index is 1.85. The summed E-state index contributed by atoms with van der Waals surface area (Å²) in [4.78, 5) is 26.5. The number of benzene rings is 2. The van der Waals surface area contributed by atoms with Crippen molar-refractivity contribution in [3.05, 3.63) is 47.5 Å². The summed E-state index contributed by atoms with van der Waals surface area (Å²) in [5.74, 6) is 0.882. The molecule has 0 bridgehead atoms. The fourth-order valence-corrected chi connectivity index (χ4v) is 3.07. The summed E-state index contributed by atoms with van der Waals surface area (Å²) < 4.78 is 10.4. The highest BCUT2D eigenvalue weighted by atomic mass is 16.5. The van der Waals surface area contributed by atoms with E-state index >= 15 is 0 Å². The van der Waals surface area contributed by atoms with Crippen molar-refractivity contribution in [2.45, 2.75) is 19.8 Å². The molecule has 1 aliphatic rings. The maximum absolute atomic E-state index is 12.7. The van der Waals surface area contributed by atoms with Gasteiger partial charge in [-0.25, -0.2) is 0 Å². The molecule has 3 rings (SSSR count). The summed E-state index contributed by atoms with van der Waals surface area (Å²) in [6.07, 6.45) is 1.43. The lowest BCUT2D eigenvalue weighted by Gasteiger charge is -2.19. The Morgan fingerprint density at radius 3 is 2.58 bits per heavy atom. The van der Waals surface area contributed by atoms with E-state index in [4.69, 9.17) is 9.47 Å². The van der Waals surface area contributed by atoms with Gasteiger partial charge in [-0.15, -0.1) is 0 Å². The zero-order valence-corrected chi connectivity index (χ0v) is 15.2. The van der Waals surface area contributed by atoms with Crippen LogP contribution in [0.25, 0.3) is 0 Å². The fourth-order valence-electron chi connectivity index (χ4n) is 3.07. The summed E-state index contributed by atoms with van der Waals surface area (Å²) in [5, 5.41) is 2.88. The minimum atomic E-state index is -0.285. The zero-order chi connectivity index (χ0) is 18.7. The van der Waals surface area contributed by atoms with E-state index in [1.165, 1.54) is 7.11 Å². The van der Waals surface area contributed by atoms with E-state index in [1.54, 1.807) is 30.2 Å². The third-order valence-electron chi connectivity index (χ3n) is 4.48. The van der Waals surface area contributed by atoms with Gasteiger partial charge in [0.15, 0.2) is 0 Å². The van der Waals surface area contributed by atoms with Gasteiger partial charge in [-0.3, -0.25) is 9.59 Å². The van der Waals surface area contributed by atoms with Crippen LogP contribution >= 0.6 is 0 Å². The molecule has 2 aromatic carbocycles. The monoisotopic (exact) mass is 354 g/mol. The van der Waals surface area contributed by atoms with Crippen molar-refractivity contribution in [3.8, 4) is 11.5 Å². The minimum Gasteiger partial charge on any atom is -0.497 e. The molecule has 6 heteroatoms. The molecule has 0 aliphatic carbocycles. The predicted molar refractivity (Wildman–Crippen MR) is 100 cm³/mol. The molecule has 1 aliphatic heterocycles. The molecule has 1 heterocycles. The topological polar surface area (TPSA) is 67.9 Å². The Hall–Kier alpha value is -3.02. The third-order valence-corrected chi connectivity index (χ3v) is 4.48. The number of carbonyl (C=O) groups is 2. The Labute approximate surface area is 152 Å². The standard InChI is InChI=1S/C20H22N2O4/c1-13-6-7-14(11-17(13)22-10-4-5-19(22)23)21-20(24)16-9-8-15(25-2)12-18(16)26-3/h6-9,11-12H,4-5,10H2,1-3H3,(H,21,24). The summed E-state index contributed by atoms with van der Waals surface area (Å²) in [7, 11) is 3.07. The summed E-state index contributed by atoms with van der Waals surface area (Å²) in [6, 6.07) is 10.6. The van der Waals surface area contributed by atoms with Crippen LogP contribution in [-0.4, -0.2) is 32.6 Å². The van der Waals surface area contributed by atoms with Crippen LogP contribution in [0.2, 0.25) is 0 Å². The normalized spacial score (nSPS) is 13.7. The Bertz CT molecular complexity index is 848. The van der Waals surface area contributed by atoms with Gasteiger partial charge in [0.1, 0.15) is 11.5 Å². The van der Waals surface area contributed by atoms with E-state index < -0.39 is 0 Å². The number of carbonyl (C=O) groups excluding carboxylic acids is 2. The molecule has 1 saturated heterocycles. The molecule has 0 radical (unpaired) electrons. The Kier molecular flexibility index (Phi) is 5.11. The average Bonchev–Trinajstić information content (AvgIpc) is 3.08. The van der Waals surface area contributed by atoms with Crippen LogP contribution < -0.4 is 19.7 Å². The Morgan fingerprint density at radius 2 is 1.92 bits per heavy atom. The number of anilines is 2. The highest BCUT2D eigenvalue weighted by Gasteiger charge is 2.23. The minimum absolute atomic E-state index is 0.119. The van der Waals surface area contributed by atoms with Gasteiger partial charge in [0.25, 0.3) is 5.91 Å². The quantitative estimate of drug-likeness (QED) is 0.894. The molecule has 0 saturated carbocycles. The number of hydrogen-bond donors (Lipinski definition) is 1. The van der Waals surface area contributed by atoms with Gasteiger partial charge in [-0.2, -0.15) is 0 Å². The first-order valence-corrected chi connectivity index (χ1v) is 8.48. The van der Waals surface area contributed by atoms with Crippen LogP contribution in [0.15, 0.2) is 36.4 Å². The molecule has 2 amide bonds. The fraction of sp³-hybridized carbons (Fsp3) is 0.300. The van der Waals surface area contributed by atoms with Crippen molar-refractivity contribution >= 4 is 23.2 Å². The first-order chi connectivity index (χ1) is 12.5.